The molecule has 2 aliphatic rings. The number of rotatable bonds is 1. The van der Waals surface area contributed by atoms with Crippen molar-refractivity contribution >= 4 is 25.1 Å². The molecule has 1 aliphatic heterocycles. The Labute approximate surface area is 119 Å². The summed E-state index contributed by atoms with van der Waals surface area (Å²) < 4.78 is 0. The van der Waals surface area contributed by atoms with Crippen LogP contribution >= 0.6 is 12.2 Å². The number of hydrogen-bond acceptors (Lipinski definition) is 1. The monoisotopic (exact) mass is 263 g/mol. The SMILES string of the molecule is [B]C1(C(C)C)CCCC2C(CCC(=S)N2C)C1C. The van der Waals surface area contributed by atoms with E-state index in [-0.39, 0.29) is 5.31 Å². The van der Waals surface area contributed by atoms with Crippen molar-refractivity contribution < 1.29 is 0 Å². The average molecular weight is 263 g/mol. The minimum absolute atomic E-state index is 0.0131. The van der Waals surface area contributed by atoms with Gasteiger partial charge in [0, 0.05) is 13.1 Å². The fraction of sp³-hybridized carbons (Fsp3) is 0.933. The van der Waals surface area contributed by atoms with Gasteiger partial charge in [-0.2, -0.15) is 0 Å². The van der Waals surface area contributed by atoms with Gasteiger partial charge in [0.1, 0.15) is 0 Å². The van der Waals surface area contributed by atoms with E-state index in [9.17, 15) is 0 Å². The van der Waals surface area contributed by atoms with Crippen LogP contribution in [-0.2, 0) is 0 Å². The van der Waals surface area contributed by atoms with Crippen molar-refractivity contribution in [3.63, 3.8) is 0 Å². The number of nitrogens with zero attached hydrogens (tertiary/aromatic N) is 1. The Hall–Kier alpha value is -0.0451. The third-order valence-electron chi connectivity index (χ3n) is 5.75. The second-order valence-corrected chi connectivity index (χ2v) is 7.19. The predicted molar refractivity (Wildman–Crippen MR) is 83.2 cm³/mol. The zero-order chi connectivity index (χ0) is 13.5. The molecular weight excluding hydrogens is 237 g/mol. The molecule has 2 fully saturated rings. The van der Waals surface area contributed by atoms with Crippen molar-refractivity contribution in [1.82, 2.24) is 4.90 Å². The topological polar surface area (TPSA) is 3.24 Å². The third kappa shape index (κ3) is 2.24. The van der Waals surface area contributed by atoms with Crippen molar-refractivity contribution in [1.29, 1.82) is 0 Å². The van der Waals surface area contributed by atoms with Crippen LogP contribution < -0.4 is 0 Å². The van der Waals surface area contributed by atoms with Gasteiger partial charge < -0.3 is 4.90 Å². The lowest BCUT2D eigenvalue weighted by Crippen LogP contribution is -2.48. The molecule has 1 aliphatic carbocycles. The van der Waals surface area contributed by atoms with Crippen molar-refractivity contribution in [2.45, 2.75) is 64.2 Å². The Bertz CT molecular complexity index is 330. The quantitative estimate of drug-likeness (QED) is 0.522. The first-order valence-electron chi connectivity index (χ1n) is 7.42. The highest BCUT2D eigenvalue weighted by atomic mass is 32.1. The standard InChI is InChI=1S/C15H26BNS/c1-10(2)15(16)9-5-6-13-12(11(15)3)7-8-14(18)17(13)4/h10-13H,5-9H2,1-4H3. The first-order chi connectivity index (χ1) is 8.38. The molecule has 1 saturated heterocycles. The smallest absolute Gasteiger partial charge is 0.0779 e. The highest BCUT2D eigenvalue weighted by Gasteiger charge is 2.45. The van der Waals surface area contributed by atoms with Gasteiger partial charge in [-0.05, 0) is 37.0 Å². The van der Waals surface area contributed by atoms with Gasteiger partial charge in [0.15, 0.2) is 0 Å². The van der Waals surface area contributed by atoms with Crippen LogP contribution in [0.2, 0.25) is 5.31 Å². The third-order valence-corrected chi connectivity index (χ3v) is 6.24. The Morgan fingerprint density at radius 3 is 2.67 bits per heavy atom. The summed E-state index contributed by atoms with van der Waals surface area (Å²) >= 11 is 5.48. The van der Waals surface area contributed by atoms with Gasteiger partial charge >= 0.3 is 0 Å². The van der Waals surface area contributed by atoms with Crippen LogP contribution in [0.15, 0.2) is 0 Å². The zero-order valence-corrected chi connectivity index (χ0v) is 13.1. The van der Waals surface area contributed by atoms with Gasteiger partial charge in [-0.25, -0.2) is 0 Å². The van der Waals surface area contributed by atoms with Gasteiger partial charge in [0.25, 0.3) is 0 Å². The Balaban J connectivity index is 2.26. The average Bonchev–Trinajstić information content (AvgIpc) is 2.45. The van der Waals surface area contributed by atoms with Crippen LogP contribution in [0.3, 0.4) is 0 Å². The molecule has 0 aromatic carbocycles. The molecule has 2 rings (SSSR count). The molecule has 1 saturated carbocycles. The number of hydrogen-bond donors (Lipinski definition) is 0. The maximum Gasteiger partial charge on any atom is 0.0779 e. The van der Waals surface area contributed by atoms with Gasteiger partial charge in [0.05, 0.1) is 12.8 Å². The van der Waals surface area contributed by atoms with Crippen molar-refractivity contribution in [3.05, 3.63) is 0 Å². The first-order valence-corrected chi connectivity index (χ1v) is 7.83. The zero-order valence-electron chi connectivity index (χ0n) is 12.3. The summed E-state index contributed by atoms with van der Waals surface area (Å²) in [6.45, 7) is 6.95. The van der Waals surface area contributed by atoms with Crippen LogP contribution in [0.5, 0.6) is 0 Å². The van der Waals surface area contributed by atoms with E-state index in [0.29, 0.717) is 17.9 Å². The predicted octanol–water partition coefficient (Wildman–Crippen LogP) is 3.83. The lowest BCUT2D eigenvalue weighted by Gasteiger charge is -2.48. The molecule has 0 amide bonds. The summed E-state index contributed by atoms with van der Waals surface area (Å²) in [4.78, 5) is 3.52. The maximum atomic E-state index is 6.78. The van der Waals surface area contributed by atoms with E-state index in [4.69, 9.17) is 20.1 Å². The van der Waals surface area contributed by atoms with Crippen molar-refractivity contribution in [2.24, 2.45) is 17.8 Å². The number of likely N-dealkylation sites (tertiary alicyclic amines) is 1. The highest BCUT2D eigenvalue weighted by Crippen LogP contribution is 2.53. The summed E-state index contributed by atoms with van der Waals surface area (Å²) in [5, 5.41) is 0.0131. The molecule has 0 spiro atoms. The van der Waals surface area contributed by atoms with Gasteiger partial charge in [-0.3, -0.25) is 0 Å². The highest BCUT2D eigenvalue weighted by molar-refractivity contribution is 7.80. The van der Waals surface area contributed by atoms with E-state index < -0.39 is 0 Å². The summed E-state index contributed by atoms with van der Waals surface area (Å²) in [5.74, 6) is 1.87. The molecule has 0 aromatic rings. The minimum atomic E-state index is 0.0131. The van der Waals surface area contributed by atoms with Crippen LogP contribution in [-0.4, -0.2) is 30.8 Å². The maximum absolute atomic E-state index is 6.78. The van der Waals surface area contributed by atoms with Crippen molar-refractivity contribution in [2.75, 3.05) is 7.05 Å². The number of thiocarbonyl (C=S) groups is 1. The second-order valence-electron chi connectivity index (χ2n) is 6.72. The van der Waals surface area contributed by atoms with E-state index in [0.717, 1.165) is 17.3 Å². The first kappa shape index (κ1) is 14.4. The molecule has 4 unspecified atom stereocenters. The van der Waals surface area contributed by atoms with Gasteiger partial charge in [-0.15, -0.1) is 0 Å². The van der Waals surface area contributed by atoms with Crippen molar-refractivity contribution in [3.8, 4) is 0 Å². The minimum Gasteiger partial charge on any atom is -0.366 e. The summed E-state index contributed by atoms with van der Waals surface area (Å²) in [6.07, 6.45) is 5.98. The molecule has 18 heavy (non-hydrogen) atoms. The molecular formula is C15H26BNS. The molecule has 4 atom stereocenters. The lowest BCUT2D eigenvalue weighted by atomic mass is 9.50. The molecule has 1 nitrogen and oxygen atoms in total. The van der Waals surface area contributed by atoms with E-state index in [1.807, 2.05) is 0 Å². The number of fused-ring (bicyclic) bond motifs is 1. The molecule has 3 heteroatoms. The van der Waals surface area contributed by atoms with Gasteiger partial charge in [-0.1, -0.05) is 51.1 Å². The lowest BCUT2D eigenvalue weighted by molar-refractivity contribution is 0.132. The van der Waals surface area contributed by atoms with E-state index >= 15 is 0 Å². The summed E-state index contributed by atoms with van der Waals surface area (Å²) in [6, 6.07) is 0.630. The second kappa shape index (κ2) is 5.15. The van der Waals surface area contributed by atoms with Crippen LogP contribution in [0.1, 0.15) is 52.9 Å². The molecule has 0 bridgehead atoms. The molecule has 1 heterocycles. The normalized spacial score (nSPS) is 41.7. The summed E-state index contributed by atoms with van der Waals surface area (Å²) in [5.41, 5.74) is 0. The van der Waals surface area contributed by atoms with Crippen LogP contribution in [0, 0.1) is 17.8 Å². The van der Waals surface area contributed by atoms with E-state index in [1.165, 1.54) is 25.7 Å². The molecule has 0 aromatic heterocycles. The van der Waals surface area contributed by atoms with E-state index in [1.54, 1.807) is 0 Å². The fourth-order valence-corrected chi connectivity index (χ4v) is 4.43. The molecule has 2 radical (unpaired) electrons. The van der Waals surface area contributed by atoms with Crippen LogP contribution in [0.4, 0.5) is 0 Å². The Morgan fingerprint density at radius 1 is 1.39 bits per heavy atom. The summed E-state index contributed by atoms with van der Waals surface area (Å²) in [7, 11) is 8.97. The Morgan fingerprint density at radius 2 is 2.06 bits per heavy atom. The van der Waals surface area contributed by atoms with Crippen LogP contribution in [0.25, 0.3) is 0 Å². The molecule has 100 valence electrons. The fourth-order valence-electron chi connectivity index (χ4n) is 4.18. The van der Waals surface area contributed by atoms with E-state index in [2.05, 4.69) is 32.7 Å². The Kier molecular flexibility index (Phi) is 4.11. The number of piperidine rings is 1. The molecule has 0 N–H and O–H groups in total. The van der Waals surface area contributed by atoms with Gasteiger partial charge in [0.2, 0.25) is 0 Å². The largest absolute Gasteiger partial charge is 0.366 e.